The molecular weight excluding hydrogens is 338 g/mol. The van der Waals surface area contributed by atoms with E-state index in [2.05, 4.69) is 28.7 Å². The van der Waals surface area contributed by atoms with Crippen LogP contribution in [0.15, 0.2) is 29.5 Å². The van der Waals surface area contributed by atoms with Crippen LogP contribution in [0, 0.1) is 11.3 Å². The van der Waals surface area contributed by atoms with Gasteiger partial charge in [0.2, 0.25) is 5.95 Å². The van der Waals surface area contributed by atoms with Crippen LogP contribution >= 0.6 is 0 Å². The van der Waals surface area contributed by atoms with E-state index in [1.807, 2.05) is 4.57 Å². The molecule has 0 aromatic carbocycles. The Morgan fingerprint density at radius 1 is 1.15 bits per heavy atom. The van der Waals surface area contributed by atoms with Crippen molar-refractivity contribution in [2.45, 2.75) is 58.9 Å². The Bertz CT molecular complexity index is 839. The van der Waals surface area contributed by atoms with Crippen LogP contribution in [-0.2, 0) is 6.54 Å². The van der Waals surface area contributed by atoms with E-state index in [9.17, 15) is 4.79 Å². The molecule has 3 heterocycles. The highest BCUT2D eigenvalue weighted by atomic mass is 16.1. The highest BCUT2D eigenvalue weighted by Crippen LogP contribution is 2.32. The monoisotopic (exact) mass is 367 g/mol. The zero-order valence-electron chi connectivity index (χ0n) is 16.4. The minimum Gasteiger partial charge on any atom is -0.342 e. The SMILES string of the molecule is CC1(C)CN(CCC2CCCCC2)c2nc(-c3ccncn3)cc(=O)n2C1. The van der Waals surface area contributed by atoms with E-state index >= 15 is 0 Å². The summed E-state index contributed by atoms with van der Waals surface area (Å²) in [5.74, 6) is 1.61. The summed E-state index contributed by atoms with van der Waals surface area (Å²) >= 11 is 0. The largest absolute Gasteiger partial charge is 0.342 e. The Labute approximate surface area is 160 Å². The Morgan fingerprint density at radius 3 is 2.70 bits per heavy atom. The molecule has 2 aliphatic rings. The predicted molar refractivity (Wildman–Crippen MR) is 107 cm³/mol. The van der Waals surface area contributed by atoms with Gasteiger partial charge in [-0.05, 0) is 18.4 Å². The lowest BCUT2D eigenvalue weighted by molar-refractivity contribution is 0.266. The lowest BCUT2D eigenvalue weighted by atomic mass is 9.86. The number of hydrogen-bond donors (Lipinski definition) is 0. The number of nitrogens with zero attached hydrogens (tertiary/aromatic N) is 5. The van der Waals surface area contributed by atoms with E-state index in [4.69, 9.17) is 4.98 Å². The molecule has 0 bridgehead atoms. The van der Waals surface area contributed by atoms with Crippen molar-refractivity contribution in [3.8, 4) is 11.4 Å². The van der Waals surface area contributed by atoms with Gasteiger partial charge < -0.3 is 4.90 Å². The summed E-state index contributed by atoms with van der Waals surface area (Å²) in [5.41, 5.74) is 1.39. The van der Waals surface area contributed by atoms with Gasteiger partial charge in [-0.2, -0.15) is 0 Å². The quantitative estimate of drug-likeness (QED) is 0.827. The van der Waals surface area contributed by atoms with Crippen molar-refractivity contribution in [2.75, 3.05) is 18.0 Å². The first-order valence-corrected chi connectivity index (χ1v) is 10.2. The van der Waals surface area contributed by atoms with Gasteiger partial charge in [0.1, 0.15) is 6.33 Å². The van der Waals surface area contributed by atoms with Crippen LogP contribution in [0.2, 0.25) is 0 Å². The summed E-state index contributed by atoms with van der Waals surface area (Å²) in [4.78, 5) is 28.3. The average Bonchev–Trinajstić information content (AvgIpc) is 2.68. The van der Waals surface area contributed by atoms with Gasteiger partial charge in [0.05, 0.1) is 11.4 Å². The first-order valence-electron chi connectivity index (χ1n) is 10.2. The van der Waals surface area contributed by atoms with Gasteiger partial charge in [0, 0.05) is 37.3 Å². The van der Waals surface area contributed by atoms with Gasteiger partial charge in [0.15, 0.2) is 0 Å². The molecule has 2 aromatic rings. The van der Waals surface area contributed by atoms with Gasteiger partial charge in [-0.1, -0.05) is 46.0 Å². The normalized spacial score (nSPS) is 19.7. The van der Waals surface area contributed by atoms with Crippen LogP contribution in [0.25, 0.3) is 11.4 Å². The van der Waals surface area contributed by atoms with E-state index < -0.39 is 0 Å². The molecule has 0 saturated heterocycles. The molecule has 0 N–H and O–H groups in total. The topological polar surface area (TPSA) is 63.9 Å². The fraction of sp³-hybridized carbons (Fsp3) is 0.619. The molecule has 1 fully saturated rings. The summed E-state index contributed by atoms with van der Waals surface area (Å²) in [7, 11) is 0. The average molecular weight is 367 g/mol. The van der Waals surface area contributed by atoms with Crippen LogP contribution < -0.4 is 10.5 Å². The van der Waals surface area contributed by atoms with Gasteiger partial charge >= 0.3 is 0 Å². The van der Waals surface area contributed by atoms with Crippen LogP contribution in [0.5, 0.6) is 0 Å². The number of fused-ring (bicyclic) bond motifs is 1. The molecule has 144 valence electrons. The molecule has 0 unspecified atom stereocenters. The summed E-state index contributed by atoms with van der Waals surface area (Å²) in [6.45, 7) is 7.06. The lowest BCUT2D eigenvalue weighted by Crippen LogP contribution is -2.48. The van der Waals surface area contributed by atoms with E-state index in [0.717, 1.165) is 25.0 Å². The maximum Gasteiger partial charge on any atom is 0.255 e. The highest BCUT2D eigenvalue weighted by Gasteiger charge is 2.32. The minimum atomic E-state index is 0.00375. The van der Waals surface area contributed by atoms with Crippen molar-refractivity contribution in [2.24, 2.45) is 11.3 Å². The second-order valence-electron chi connectivity index (χ2n) is 8.84. The molecule has 1 saturated carbocycles. The fourth-order valence-corrected chi connectivity index (χ4v) is 4.52. The highest BCUT2D eigenvalue weighted by molar-refractivity contribution is 5.55. The Morgan fingerprint density at radius 2 is 1.96 bits per heavy atom. The molecular formula is C21H29N5O. The van der Waals surface area contributed by atoms with Crippen LogP contribution in [0.1, 0.15) is 52.4 Å². The minimum absolute atomic E-state index is 0.00375. The van der Waals surface area contributed by atoms with Gasteiger partial charge in [-0.3, -0.25) is 9.36 Å². The number of hydrogen-bond acceptors (Lipinski definition) is 5. The summed E-state index contributed by atoms with van der Waals surface area (Å²) < 4.78 is 1.84. The molecule has 4 rings (SSSR count). The van der Waals surface area contributed by atoms with Gasteiger partial charge in [0.25, 0.3) is 5.56 Å². The molecule has 6 heteroatoms. The third-order valence-electron chi connectivity index (χ3n) is 5.85. The van der Waals surface area contributed by atoms with Crippen molar-refractivity contribution in [3.63, 3.8) is 0 Å². The molecule has 6 nitrogen and oxygen atoms in total. The van der Waals surface area contributed by atoms with Crippen LogP contribution in [-0.4, -0.2) is 32.6 Å². The third kappa shape index (κ3) is 4.04. The second kappa shape index (κ2) is 7.41. The second-order valence-corrected chi connectivity index (χ2v) is 8.84. The first kappa shape index (κ1) is 18.1. The zero-order valence-corrected chi connectivity index (χ0v) is 16.4. The number of rotatable bonds is 4. The van der Waals surface area contributed by atoms with E-state index in [-0.39, 0.29) is 11.0 Å². The standard InChI is InChI=1S/C21H29N5O/c1-21(2)13-25(11-9-16-6-4-3-5-7-16)20-24-18(12-19(27)26(20)14-21)17-8-10-22-15-23-17/h8,10,12,15-16H,3-7,9,11,13-14H2,1-2H3. The maximum atomic E-state index is 12.9. The number of anilines is 1. The summed E-state index contributed by atoms with van der Waals surface area (Å²) in [5, 5.41) is 0. The van der Waals surface area contributed by atoms with Crippen molar-refractivity contribution >= 4 is 5.95 Å². The maximum absolute atomic E-state index is 12.9. The van der Waals surface area contributed by atoms with E-state index in [1.54, 1.807) is 18.3 Å². The van der Waals surface area contributed by atoms with E-state index in [1.165, 1.54) is 44.9 Å². The zero-order chi connectivity index (χ0) is 18.9. The molecule has 1 aliphatic carbocycles. The van der Waals surface area contributed by atoms with Crippen LogP contribution in [0.3, 0.4) is 0 Å². The van der Waals surface area contributed by atoms with Crippen molar-refractivity contribution in [3.05, 3.63) is 35.0 Å². The fourth-order valence-electron chi connectivity index (χ4n) is 4.52. The lowest BCUT2D eigenvalue weighted by Gasteiger charge is -2.41. The van der Waals surface area contributed by atoms with Crippen molar-refractivity contribution < 1.29 is 0 Å². The molecule has 0 amide bonds. The number of aromatic nitrogens is 4. The van der Waals surface area contributed by atoms with Gasteiger partial charge in [-0.15, -0.1) is 0 Å². The third-order valence-corrected chi connectivity index (χ3v) is 5.85. The van der Waals surface area contributed by atoms with E-state index in [0.29, 0.717) is 17.9 Å². The molecule has 2 aromatic heterocycles. The van der Waals surface area contributed by atoms with Crippen molar-refractivity contribution in [1.82, 2.24) is 19.5 Å². The summed E-state index contributed by atoms with van der Waals surface area (Å²) in [6.07, 6.45) is 11.2. The molecule has 0 spiro atoms. The van der Waals surface area contributed by atoms with Crippen LogP contribution in [0.4, 0.5) is 5.95 Å². The Hall–Kier alpha value is -2.24. The molecule has 0 radical (unpaired) electrons. The first-order chi connectivity index (χ1) is 13.0. The molecule has 0 atom stereocenters. The smallest absolute Gasteiger partial charge is 0.255 e. The predicted octanol–water partition coefficient (Wildman–Crippen LogP) is 3.52. The Kier molecular flexibility index (Phi) is 4.98. The Balaban J connectivity index is 1.65. The van der Waals surface area contributed by atoms with Crippen molar-refractivity contribution in [1.29, 1.82) is 0 Å². The molecule has 27 heavy (non-hydrogen) atoms. The summed E-state index contributed by atoms with van der Waals surface area (Å²) in [6, 6.07) is 3.41. The molecule has 1 aliphatic heterocycles. The van der Waals surface area contributed by atoms with Gasteiger partial charge in [-0.25, -0.2) is 15.0 Å².